The average Bonchev–Trinajstić information content (AvgIpc) is 2.94. The van der Waals surface area contributed by atoms with Crippen LogP contribution in [0.1, 0.15) is 6.92 Å². The molecule has 0 radical (unpaired) electrons. The number of hydrogen-bond acceptors (Lipinski definition) is 2. The molecule has 0 saturated carbocycles. The van der Waals surface area contributed by atoms with E-state index in [2.05, 4.69) is 10.6 Å². The smallest absolute Gasteiger partial charge is 0.319 e. The molecule has 0 aliphatic rings. The zero-order valence-electron chi connectivity index (χ0n) is 11.0. The van der Waals surface area contributed by atoms with E-state index in [0.717, 1.165) is 5.69 Å². The molecule has 0 bridgehead atoms. The standard InChI is InChI=1S/C14H16ClN3O2/c1-10(9-19)16-14(20)17-12-5-4-11(15)8-13(12)18-6-2-3-7-18/h2-8,10,19H,9H2,1H3,(H2,16,17,20). The Hall–Kier alpha value is -1.98. The minimum Gasteiger partial charge on any atom is -0.394 e. The number of halogens is 1. The first kappa shape index (κ1) is 14.4. The van der Waals surface area contributed by atoms with Crippen LogP contribution in [0, 0.1) is 0 Å². The quantitative estimate of drug-likeness (QED) is 0.811. The van der Waals surface area contributed by atoms with Crippen molar-refractivity contribution in [3.63, 3.8) is 0 Å². The van der Waals surface area contributed by atoms with Gasteiger partial charge in [-0.25, -0.2) is 4.79 Å². The number of hydrogen-bond donors (Lipinski definition) is 3. The number of anilines is 1. The molecule has 0 saturated heterocycles. The summed E-state index contributed by atoms with van der Waals surface area (Å²) in [4.78, 5) is 11.8. The van der Waals surface area contributed by atoms with E-state index >= 15 is 0 Å². The van der Waals surface area contributed by atoms with Gasteiger partial charge in [0.05, 0.1) is 24.0 Å². The Bertz CT molecular complexity index is 584. The Morgan fingerprint density at radius 2 is 2.10 bits per heavy atom. The first-order chi connectivity index (χ1) is 9.60. The lowest BCUT2D eigenvalue weighted by atomic mass is 10.2. The second-order valence-corrected chi connectivity index (χ2v) is 4.87. The van der Waals surface area contributed by atoms with Crippen molar-refractivity contribution in [2.24, 2.45) is 0 Å². The maximum Gasteiger partial charge on any atom is 0.319 e. The van der Waals surface area contributed by atoms with Gasteiger partial charge in [0.25, 0.3) is 0 Å². The van der Waals surface area contributed by atoms with Crippen molar-refractivity contribution >= 4 is 23.3 Å². The lowest BCUT2D eigenvalue weighted by Crippen LogP contribution is -2.38. The molecule has 1 unspecified atom stereocenters. The number of aliphatic hydroxyl groups excluding tert-OH is 1. The maximum atomic E-state index is 11.8. The molecule has 1 atom stereocenters. The summed E-state index contributed by atoms with van der Waals surface area (Å²) in [6, 6.07) is 8.31. The van der Waals surface area contributed by atoms with Crippen LogP contribution in [-0.2, 0) is 0 Å². The summed E-state index contributed by atoms with van der Waals surface area (Å²) in [5.74, 6) is 0. The molecule has 6 heteroatoms. The molecule has 3 N–H and O–H groups in total. The Kier molecular flexibility index (Phi) is 4.65. The number of urea groups is 1. The fourth-order valence-corrected chi connectivity index (χ4v) is 1.91. The van der Waals surface area contributed by atoms with Crippen molar-refractivity contribution in [3.8, 4) is 5.69 Å². The van der Waals surface area contributed by atoms with Crippen LogP contribution in [0.2, 0.25) is 5.02 Å². The monoisotopic (exact) mass is 293 g/mol. The van der Waals surface area contributed by atoms with E-state index in [0.29, 0.717) is 10.7 Å². The minimum atomic E-state index is -0.373. The van der Waals surface area contributed by atoms with Gasteiger partial charge in [-0.1, -0.05) is 11.6 Å². The molecule has 0 fully saturated rings. The largest absolute Gasteiger partial charge is 0.394 e. The topological polar surface area (TPSA) is 66.3 Å². The number of nitrogens with zero attached hydrogens (tertiary/aromatic N) is 1. The van der Waals surface area contributed by atoms with Crippen LogP contribution < -0.4 is 10.6 Å². The van der Waals surface area contributed by atoms with Gasteiger partial charge in [-0.3, -0.25) is 0 Å². The second-order valence-electron chi connectivity index (χ2n) is 4.43. The van der Waals surface area contributed by atoms with Gasteiger partial charge in [-0.05, 0) is 37.3 Å². The second kappa shape index (κ2) is 6.45. The Morgan fingerprint density at radius 1 is 1.40 bits per heavy atom. The van der Waals surface area contributed by atoms with Gasteiger partial charge in [0.1, 0.15) is 0 Å². The Morgan fingerprint density at radius 3 is 2.75 bits per heavy atom. The zero-order valence-corrected chi connectivity index (χ0v) is 11.8. The number of carbonyl (C=O) groups excluding carboxylic acids is 1. The predicted octanol–water partition coefficient (Wildman–Crippen LogP) is 2.63. The Labute approximate surface area is 122 Å². The van der Waals surface area contributed by atoms with Crippen molar-refractivity contribution in [3.05, 3.63) is 47.7 Å². The van der Waals surface area contributed by atoms with Gasteiger partial charge in [-0.2, -0.15) is 0 Å². The Balaban J connectivity index is 2.22. The van der Waals surface area contributed by atoms with Crippen LogP contribution in [-0.4, -0.2) is 28.4 Å². The number of nitrogens with one attached hydrogen (secondary N) is 2. The van der Waals surface area contributed by atoms with Gasteiger partial charge in [0.2, 0.25) is 0 Å². The normalized spacial score (nSPS) is 11.9. The highest BCUT2D eigenvalue weighted by Crippen LogP contribution is 2.24. The molecule has 20 heavy (non-hydrogen) atoms. The molecule has 2 aromatic rings. The average molecular weight is 294 g/mol. The highest BCUT2D eigenvalue weighted by Gasteiger charge is 2.10. The summed E-state index contributed by atoms with van der Waals surface area (Å²) in [6.07, 6.45) is 3.73. The molecule has 106 valence electrons. The van der Waals surface area contributed by atoms with Crippen LogP contribution in [0.15, 0.2) is 42.7 Å². The summed E-state index contributed by atoms with van der Waals surface area (Å²) in [5, 5.41) is 14.9. The van der Waals surface area contributed by atoms with Crippen LogP contribution in [0.25, 0.3) is 5.69 Å². The molecule has 1 aromatic carbocycles. The number of aliphatic hydroxyl groups is 1. The third-order valence-electron chi connectivity index (χ3n) is 2.74. The lowest BCUT2D eigenvalue weighted by Gasteiger charge is -2.15. The number of aromatic nitrogens is 1. The fraction of sp³-hybridized carbons (Fsp3) is 0.214. The molecule has 5 nitrogen and oxygen atoms in total. The van der Waals surface area contributed by atoms with Gasteiger partial charge < -0.3 is 20.3 Å². The first-order valence-corrected chi connectivity index (χ1v) is 6.59. The molecule has 2 rings (SSSR count). The minimum absolute atomic E-state index is 0.113. The van der Waals surface area contributed by atoms with E-state index in [1.165, 1.54) is 0 Å². The van der Waals surface area contributed by atoms with E-state index < -0.39 is 0 Å². The van der Waals surface area contributed by atoms with E-state index in [1.54, 1.807) is 25.1 Å². The van der Waals surface area contributed by atoms with Crippen molar-refractivity contribution in [1.29, 1.82) is 0 Å². The molecule has 0 aliphatic heterocycles. The summed E-state index contributed by atoms with van der Waals surface area (Å²) in [5.41, 5.74) is 1.41. The molecule has 0 spiro atoms. The SMILES string of the molecule is CC(CO)NC(=O)Nc1ccc(Cl)cc1-n1cccc1. The summed E-state index contributed by atoms with van der Waals surface area (Å²) < 4.78 is 1.86. The van der Waals surface area contributed by atoms with Crippen LogP contribution in [0.3, 0.4) is 0 Å². The number of rotatable bonds is 4. The van der Waals surface area contributed by atoms with Crippen LogP contribution >= 0.6 is 11.6 Å². The third-order valence-corrected chi connectivity index (χ3v) is 2.98. The molecule has 1 heterocycles. The molecular weight excluding hydrogens is 278 g/mol. The fourth-order valence-electron chi connectivity index (χ4n) is 1.75. The lowest BCUT2D eigenvalue weighted by molar-refractivity contribution is 0.229. The predicted molar refractivity (Wildman–Crippen MR) is 79.5 cm³/mol. The molecular formula is C14H16ClN3O2. The first-order valence-electron chi connectivity index (χ1n) is 6.21. The van der Waals surface area contributed by atoms with E-state index in [1.807, 2.05) is 29.1 Å². The van der Waals surface area contributed by atoms with Gasteiger partial charge in [-0.15, -0.1) is 0 Å². The molecule has 1 aromatic heterocycles. The van der Waals surface area contributed by atoms with Gasteiger partial charge in [0.15, 0.2) is 0 Å². The van der Waals surface area contributed by atoms with Crippen molar-refractivity contribution in [2.45, 2.75) is 13.0 Å². The van der Waals surface area contributed by atoms with Crippen molar-refractivity contribution in [1.82, 2.24) is 9.88 Å². The third kappa shape index (κ3) is 3.53. The van der Waals surface area contributed by atoms with Crippen molar-refractivity contribution in [2.75, 3.05) is 11.9 Å². The summed E-state index contributed by atoms with van der Waals surface area (Å²) in [6.45, 7) is 1.60. The number of benzene rings is 1. The maximum absolute atomic E-state index is 11.8. The summed E-state index contributed by atoms with van der Waals surface area (Å²) >= 11 is 6.00. The van der Waals surface area contributed by atoms with Gasteiger partial charge >= 0.3 is 6.03 Å². The number of amides is 2. The number of carbonyl (C=O) groups is 1. The van der Waals surface area contributed by atoms with Crippen LogP contribution in [0.4, 0.5) is 10.5 Å². The highest BCUT2D eigenvalue weighted by atomic mass is 35.5. The summed E-state index contributed by atoms with van der Waals surface area (Å²) in [7, 11) is 0. The van der Waals surface area contributed by atoms with Crippen molar-refractivity contribution < 1.29 is 9.90 Å². The zero-order chi connectivity index (χ0) is 14.5. The van der Waals surface area contributed by atoms with E-state index in [4.69, 9.17) is 16.7 Å². The van der Waals surface area contributed by atoms with Crippen LogP contribution in [0.5, 0.6) is 0 Å². The van der Waals surface area contributed by atoms with E-state index in [-0.39, 0.29) is 18.7 Å². The highest BCUT2D eigenvalue weighted by molar-refractivity contribution is 6.30. The molecule has 0 aliphatic carbocycles. The van der Waals surface area contributed by atoms with E-state index in [9.17, 15) is 4.79 Å². The van der Waals surface area contributed by atoms with Gasteiger partial charge in [0, 0.05) is 17.4 Å². The molecule has 2 amide bonds.